The molecule has 1 amide bonds. The van der Waals surface area contributed by atoms with Gasteiger partial charge >= 0.3 is 0 Å². The summed E-state index contributed by atoms with van der Waals surface area (Å²) in [6.07, 6.45) is 5.84. The minimum atomic E-state index is -0.648. The predicted octanol–water partition coefficient (Wildman–Crippen LogP) is 3.66. The van der Waals surface area contributed by atoms with E-state index in [-0.39, 0.29) is 11.4 Å². The Balaban J connectivity index is 1.24. The minimum Gasteiger partial charge on any atom is -0.438 e. The van der Waals surface area contributed by atoms with Crippen LogP contribution >= 0.6 is 0 Å². The van der Waals surface area contributed by atoms with E-state index in [2.05, 4.69) is 56.8 Å². The number of anilines is 1. The standard InChI is InChI=1S/C28H29FN8O2/c1-28(2)15-35(11-10-34(28)3)18-5-6-22-19(13-32-37(22)14-18)27(38)36-9-8-20-24(31-16-30-20)25(36)26-33-21-12-17(29)4-7-23(21)39-26/h4-7,12-14,16,25H,8-11,15H2,1-3H3,(H,30,31)/t25-/m0/s1. The van der Waals surface area contributed by atoms with Crippen LogP contribution in [-0.4, -0.2) is 79.0 Å². The Morgan fingerprint density at radius 1 is 1.18 bits per heavy atom. The van der Waals surface area contributed by atoms with Gasteiger partial charge < -0.3 is 19.2 Å². The number of carbonyl (C=O) groups is 1. The van der Waals surface area contributed by atoms with Crippen molar-refractivity contribution in [3.05, 3.63) is 77.7 Å². The molecule has 1 saturated heterocycles. The summed E-state index contributed by atoms with van der Waals surface area (Å²) in [5.74, 6) is -0.288. The van der Waals surface area contributed by atoms with Gasteiger partial charge in [-0.3, -0.25) is 9.69 Å². The van der Waals surface area contributed by atoms with Gasteiger partial charge in [0.1, 0.15) is 11.3 Å². The van der Waals surface area contributed by atoms with Crippen molar-refractivity contribution < 1.29 is 13.6 Å². The van der Waals surface area contributed by atoms with E-state index in [9.17, 15) is 9.18 Å². The number of nitrogens with zero attached hydrogens (tertiary/aromatic N) is 7. The SMILES string of the molecule is CN1CCN(c2ccc3c(C(=O)N4CCc5[nH]cnc5[C@H]4c4nc5cc(F)ccc5o4)cnn3c2)CC1(C)C. The number of pyridine rings is 1. The summed E-state index contributed by atoms with van der Waals surface area (Å²) in [6, 6.07) is 7.58. The van der Waals surface area contributed by atoms with Crippen LogP contribution in [-0.2, 0) is 6.42 Å². The predicted molar refractivity (Wildman–Crippen MR) is 143 cm³/mol. The number of likely N-dealkylation sites (N-methyl/N-ethyl adjacent to an activating group) is 1. The number of halogens is 1. The Labute approximate surface area is 224 Å². The lowest BCUT2D eigenvalue weighted by Crippen LogP contribution is -2.57. The van der Waals surface area contributed by atoms with Gasteiger partial charge in [-0.2, -0.15) is 5.10 Å². The number of amides is 1. The van der Waals surface area contributed by atoms with Gasteiger partial charge in [-0.1, -0.05) is 0 Å². The summed E-state index contributed by atoms with van der Waals surface area (Å²) in [6.45, 7) is 7.73. The first-order valence-corrected chi connectivity index (χ1v) is 13.1. The number of aromatic nitrogens is 5. The zero-order chi connectivity index (χ0) is 26.9. The second-order valence-electron chi connectivity index (χ2n) is 11.0. The Kier molecular flexibility index (Phi) is 5.28. The van der Waals surface area contributed by atoms with Crippen molar-refractivity contribution >= 4 is 28.2 Å². The molecule has 4 aromatic heterocycles. The highest BCUT2D eigenvalue weighted by Crippen LogP contribution is 2.36. The Bertz CT molecular complexity index is 1720. The summed E-state index contributed by atoms with van der Waals surface area (Å²) in [7, 11) is 2.16. The molecule has 2 aliphatic rings. The van der Waals surface area contributed by atoms with Crippen molar-refractivity contribution in [2.75, 3.05) is 38.1 Å². The number of imidazole rings is 1. The fourth-order valence-corrected chi connectivity index (χ4v) is 5.72. The molecule has 200 valence electrons. The molecule has 2 aliphatic heterocycles. The quantitative estimate of drug-likeness (QED) is 0.382. The average molecular weight is 529 g/mol. The molecular weight excluding hydrogens is 499 g/mol. The molecule has 0 aliphatic carbocycles. The number of hydrogen-bond donors (Lipinski definition) is 1. The van der Waals surface area contributed by atoms with Crippen LogP contribution in [0.4, 0.5) is 10.1 Å². The molecule has 5 aromatic rings. The fraction of sp³-hybridized carbons (Fsp3) is 0.357. The highest BCUT2D eigenvalue weighted by molar-refractivity contribution is 6.01. The van der Waals surface area contributed by atoms with E-state index in [0.717, 1.165) is 36.5 Å². The van der Waals surface area contributed by atoms with E-state index in [1.807, 2.05) is 12.3 Å². The fourth-order valence-electron chi connectivity index (χ4n) is 5.72. The van der Waals surface area contributed by atoms with Gasteiger partial charge in [0.2, 0.25) is 5.89 Å². The van der Waals surface area contributed by atoms with E-state index in [4.69, 9.17) is 4.42 Å². The number of carbonyl (C=O) groups excluding carboxylic acids is 1. The second kappa shape index (κ2) is 8.63. The van der Waals surface area contributed by atoms with E-state index >= 15 is 0 Å². The van der Waals surface area contributed by atoms with Crippen LogP contribution in [0.3, 0.4) is 0 Å². The topological polar surface area (TPSA) is 98.8 Å². The normalized spacial score (nSPS) is 19.6. The third-order valence-electron chi connectivity index (χ3n) is 8.20. The van der Waals surface area contributed by atoms with E-state index in [1.165, 1.54) is 12.1 Å². The molecule has 0 unspecified atom stereocenters. The number of benzene rings is 1. The number of hydrogen-bond acceptors (Lipinski definition) is 7. The number of rotatable bonds is 3. The van der Waals surface area contributed by atoms with Crippen LogP contribution in [0.15, 0.2) is 53.5 Å². The molecule has 1 atom stereocenters. The van der Waals surface area contributed by atoms with Gasteiger partial charge in [-0.05, 0) is 45.2 Å². The molecule has 0 saturated carbocycles. The largest absolute Gasteiger partial charge is 0.438 e. The number of oxazole rings is 1. The number of aromatic amines is 1. The smallest absolute Gasteiger partial charge is 0.258 e. The van der Waals surface area contributed by atoms with Crippen molar-refractivity contribution in [3.8, 4) is 0 Å². The maximum atomic E-state index is 14.1. The van der Waals surface area contributed by atoms with Crippen molar-refractivity contribution in [1.29, 1.82) is 0 Å². The lowest BCUT2D eigenvalue weighted by atomic mass is 9.99. The van der Waals surface area contributed by atoms with Crippen LogP contribution < -0.4 is 4.90 Å². The third kappa shape index (κ3) is 3.87. The second-order valence-corrected chi connectivity index (χ2v) is 11.0. The molecule has 1 aromatic carbocycles. The number of H-pyrrole nitrogens is 1. The van der Waals surface area contributed by atoms with Gasteiger partial charge in [0.25, 0.3) is 5.91 Å². The third-order valence-corrected chi connectivity index (χ3v) is 8.20. The van der Waals surface area contributed by atoms with Crippen LogP contribution in [0.5, 0.6) is 0 Å². The average Bonchev–Trinajstić information content (AvgIpc) is 3.66. The monoisotopic (exact) mass is 528 g/mol. The van der Waals surface area contributed by atoms with Crippen molar-refractivity contribution in [2.45, 2.75) is 31.8 Å². The summed E-state index contributed by atoms with van der Waals surface area (Å²) in [5.41, 5.74) is 4.81. The number of fused-ring (bicyclic) bond motifs is 3. The van der Waals surface area contributed by atoms with Crippen molar-refractivity contribution in [1.82, 2.24) is 34.4 Å². The lowest BCUT2D eigenvalue weighted by Gasteiger charge is -2.46. The van der Waals surface area contributed by atoms with E-state index < -0.39 is 11.9 Å². The number of nitrogens with one attached hydrogen (secondary N) is 1. The van der Waals surface area contributed by atoms with Gasteiger partial charge in [0.15, 0.2) is 11.6 Å². The van der Waals surface area contributed by atoms with Gasteiger partial charge in [-0.25, -0.2) is 18.9 Å². The van der Waals surface area contributed by atoms with Crippen LogP contribution in [0, 0.1) is 5.82 Å². The van der Waals surface area contributed by atoms with Crippen LogP contribution in [0.25, 0.3) is 16.6 Å². The summed E-state index contributed by atoms with van der Waals surface area (Å²) in [4.78, 5) is 32.7. The first-order chi connectivity index (χ1) is 18.8. The first kappa shape index (κ1) is 23.8. The summed E-state index contributed by atoms with van der Waals surface area (Å²) < 4.78 is 21.6. The Morgan fingerprint density at radius 3 is 2.90 bits per heavy atom. The summed E-state index contributed by atoms with van der Waals surface area (Å²) >= 11 is 0. The summed E-state index contributed by atoms with van der Waals surface area (Å²) in [5, 5.41) is 4.55. The first-order valence-electron chi connectivity index (χ1n) is 13.1. The van der Waals surface area contributed by atoms with Gasteiger partial charge in [-0.15, -0.1) is 0 Å². The molecule has 0 radical (unpaired) electrons. The van der Waals surface area contributed by atoms with Crippen molar-refractivity contribution in [2.24, 2.45) is 0 Å². The Morgan fingerprint density at radius 2 is 2.05 bits per heavy atom. The molecular formula is C28H29FN8O2. The molecule has 1 N–H and O–H groups in total. The zero-order valence-electron chi connectivity index (χ0n) is 22.1. The number of piperazine rings is 1. The Hall–Kier alpha value is -4.25. The molecule has 0 bridgehead atoms. The molecule has 11 heteroatoms. The van der Waals surface area contributed by atoms with E-state index in [0.29, 0.717) is 41.2 Å². The molecule has 1 fully saturated rings. The van der Waals surface area contributed by atoms with E-state index in [1.54, 1.807) is 28.0 Å². The molecule has 39 heavy (non-hydrogen) atoms. The maximum Gasteiger partial charge on any atom is 0.258 e. The van der Waals surface area contributed by atoms with Crippen LogP contribution in [0.1, 0.15) is 47.5 Å². The minimum absolute atomic E-state index is 0.0588. The molecule has 10 nitrogen and oxygen atoms in total. The molecule has 6 heterocycles. The highest BCUT2D eigenvalue weighted by Gasteiger charge is 2.39. The zero-order valence-corrected chi connectivity index (χ0v) is 22.1. The maximum absolute atomic E-state index is 14.1. The van der Waals surface area contributed by atoms with Gasteiger partial charge in [0.05, 0.1) is 41.2 Å². The van der Waals surface area contributed by atoms with Gasteiger partial charge in [0, 0.05) is 49.9 Å². The van der Waals surface area contributed by atoms with Crippen molar-refractivity contribution in [3.63, 3.8) is 0 Å². The van der Waals surface area contributed by atoms with Crippen LogP contribution in [0.2, 0.25) is 0 Å². The molecule has 0 spiro atoms. The highest BCUT2D eigenvalue weighted by atomic mass is 19.1. The lowest BCUT2D eigenvalue weighted by molar-refractivity contribution is 0.0669. The molecule has 7 rings (SSSR count).